The van der Waals surface area contributed by atoms with Gasteiger partial charge in [-0.2, -0.15) is 0 Å². The van der Waals surface area contributed by atoms with Crippen LogP contribution < -0.4 is 5.32 Å². The van der Waals surface area contributed by atoms with Gasteiger partial charge in [-0.1, -0.05) is 49.4 Å². The topological polar surface area (TPSA) is 65.5 Å². The Balaban J connectivity index is 1.31. The van der Waals surface area contributed by atoms with Gasteiger partial charge in [0.25, 0.3) is 5.91 Å². The molecule has 2 amide bonds. The number of rotatable bonds is 7. The molecule has 1 saturated heterocycles. The number of hydrogen-bond acceptors (Lipinski definition) is 5. The highest BCUT2D eigenvalue weighted by molar-refractivity contribution is 7.09. The van der Waals surface area contributed by atoms with Crippen molar-refractivity contribution in [3.8, 4) is 0 Å². The minimum absolute atomic E-state index is 0.0380. The van der Waals surface area contributed by atoms with Crippen LogP contribution in [0, 0.1) is 0 Å². The Kier molecular flexibility index (Phi) is 7.29. The molecule has 0 radical (unpaired) electrons. The van der Waals surface area contributed by atoms with Crippen LogP contribution in [-0.4, -0.2) is 59.3 Å². The lowest BCUT2D eigenvalue weighted by Gasteiger charge is -2.34. The van der Waals surface area contributed by atoms with Crippen LogP contribution in [-0.2, 0) is 11.2 Å². The average Bonchev–Trinajstić information content (AvgIpc) is 3.38. The molecule has 2 heterocycles. The quantitative estimate of drug-likeness (QED) is 0.602. The predicted octanol–water partition coefficient (Wildman–Crippen LogP) is 3.37. The summed E-state index contributed by atoms with van der Waals surface area (Å²) >= 11 is 1.53. The molecule has 7 heteroatoms. The third-order valence-electron chi connectivity index (χ3n) is 5.77. The fraction of sp³-hybridized carbons (Fsp3) is 0.320. The van der Waals surface area contributed by atoms with E-state index in [1.165, 1.54) is 16.9 Å². The molecule has 1 unspecified atom stereocenters. The summed E-state index contributed by atoms with van der Waals surface area (Å²) in [6.45, 7) is 5.01. The van der Waals surface area contributed by atoms with Crippen LogP contribution in [0.5, 0.6) is 0 Å². The first-order valence-corrected chi connectivity index (χ1v) is 11.9. The van der Waals surface area contributed by atoms with Gasteiger partial charge in [-0.15, -0.1) is 11.3 Å². The van der Waals surface area contributed by atoms with Gasteiger partial charge in [-0.25, -0.2) is 4.98 Å². The molecule has 1 aliphatic rings. The van der Waals surface area contributed by atoms with Gasteiger partial charge in [0.2, 0.25) is 5.91 Å². The van der Waals surface area contributed by atoms with Gasteiger partial charge in [0, 0.05) is 43.3 Å². The molecular formula is C25H28N4O2S. The summed E-state index contributed by atoms with van der Waals surface area (Å²) < 4.78 is 0. The fourth-order valence-electron chi connectivity index (χ4n) is 3.89. The van der Waals surface area contributed by atoms with E-state index in [-0.39, 0.29) is 17.9 Å². The third-order valence-corrected chi connectivity index (χ3v) is 6.61. The molecule has 1 fully saturated rings. The maximum Gasteiger partial charge on any atom is 0.253 e. The largest absolute Gasteiger partial charge is 0.342 e. The Morgan fingerprint density at radius 2 is 1.75 bits per heavy atom. The summed E-state index contributed by atoms with van der Waals surface area (Å²) in [5.41, 5.74) is 2.96. The fourth-order valence-corrected chi connectivity index (χ4v) is 4.61. The first kappa shape index (κ1) is 22.2. The molecule has 0 bridgehead atoms. The van der Waals surface area contributed by atoms with Crippen LogP contribution in [0.4, 0.5) is 0 Å². The molecule has 2 aromatic carbocycles. The summed E-state index contributed by atoms with van der Waals surface area (Å²) in [4.78, 5) is 34.0. The maximum absolute atomic E-state index is 12.8. The Labute approximate surface area is 192 Å². The smallest absolute Gasteiger partial charge is 0.253 e. The van der Waals surface area contributed by atoms with Gasteiger partial charge >= 0.3 is 0 Å². The Bertz CT molecular complexity index is 1010. The monoisotopic (exact) mass is 448 g/mol. The molecule has 32 heavy (non-hydrogen) atoms. The first-order chi connectivity index (χ1) is 15.6. The third kappa shape index (κ3) is 5.41. The number of thiazole rings is 1. The summed E-state index contributed by atoms with van der Waals surface area (Å²) in [6, 6.07) is 17.5. The van der Waals surface area contributed by atoms with Gasteiger partial charge in [-0.3, -0.25) is 14.5 Å². The molecule has 1 aliphatic heterocycles. The van der Waals surface area contributed by atoms with Crippen LogP contribution in [0.15, 0.2) is 66.2 Å². The number of aromatic nitrogens is 1. The number of benzene rings is 2. The number of carbonyl (C=O) groups excluding carboxylic acids is 2. The SMILES string of the molecule is CCc1ccc(C(=O)N2CCN(CC(=O)NC(c3ccccc3)c3nccs3)CC2)cc1. The van der Waals surface area contributed by atoms with Crippen molar-refractivity contribution >= 4 is 23.2 Å². The zero-order valence-electron chi connectivity index (χ0n) is 18.2. The van der Waals surface area contributed by atoms with Crippen LogP contribution in [0.1, 0.15) is 39.5 Å². The maximum atomic E-state index is 12.8. The summed E-state index contributed by atoms with van der Waals surface area (Å²) in [6.07, 6.45) is 2.72. The summed E-state index contributed by atoms with van der Waals surface area (Å²) in [5.74, 6) is 0.0219. The second kappa shape index (κ2) is 10.5. The summed E-state index contributed by atoms with van der Waals surface area (Å²) in [7, 11) is 0. The number of piperazine rings is 1. The second-order valence-electron chi connectivity index (χ2n) is 7.90. The van der Waals surface area contributed by atoms with Crippen molar-refractivity contribution in [3.05, 3.63) is 87.9 Å². The Hall–Kier alpha value is -3.03. The van der Waals surface area contributed by atoms with Crippen LogP contribution in [0.25, 0.3) is 0 Å². The van der Waals surface area contributed by atoms with Crippen molar-refractivity contribution in [2.75, 3.05) is 32.7 Å². The van der Waals surface area contributed by atoms with E-state index in [0.29, 0.717) is 32.7 Å². The number of nitrogens with one attached hydrogen (secondary N) is 1. The highest BCUT2D eigenvalue weighted by Gasteiger charge is 2.25. The second-order valence-corrected chi connectivity index (χ2v) is 8.83. The van der Waals surface area contributed by atoms with E-state index < -0.39 is 0 Å². The van der Waals surface area contributed by atoms with Crippen molar-refractivity contribution in [2.45, 2.75) is 19.4 Å². The number of hydrogen-bond donors (Lipinski definition) is 1. The van der Waals surface area contributed by atoms with E-state index in [1.807, 2.05) is 64.9 Å². The van der Waals surface area contributed by atoms with Crippen molar-refractivity contribution in [3.63, 3.8) is 0 Å². The van der Waals surface area contributed by atoms with Crippen LogP contribution in [0.3, 0.4) is 0 Å². The number of amides is 2. The van der Waals surface area contributed by atoms with Gasteiger partial charge in [-0.05, 0) is 29.7 Å². The standard InChI is InChI=1S/C25H28N4O2S/c1-2-19-8-10-21(11-9-19)25(31)29-15-13-28(14-16-29)18-22(30)27-23(24-26-12-17-32-24)20-6-4-3-5-7-20/h3-12,17,23H,2,13-16,18H2,1H3,(H,27,30). The van der Waals surface area contributed by atoms with Gasteiger partial charge in [0.1, 0.15) is 11.0 Å². The molecule has 1 atom stereocenters. The average molecular weight is 449 g/mol. The number of nitrogens with zero attached hydrogens (tertiary/aromatic N) is 3. The Morgan fingerprint density at radius 3 is 2.38 bits per heavy atom. The van der Waals surface area contributed by atoms with Crippen molar-refractivity contribution in [1.29, 1.82) is 0 Å². The van der Waals surface area contributed by atoms with Gasteiger partial charge in [0.05, 0.1) is 6.54 Å². The zero-order valence-corrected chi connectivity index (χ0v) is 19.1. The zero-order chi connectivity index (χ0) is 22.3. The molecule has 4 rings (SSSR count). The summed E-state index contributed by atoms with van der Waals surface area (Å²) in [5, 5.41) is 5.93. The van der Waals surface area contributed by atoms with Crippen molar-refractivity contribution in [1.82, 2.24) is 20.1 Å². The molecule has 3 aromatic rings. The minimum Gasteiger partial charge on any atom is -0.342 e. The minimum atomic E-state index is -0.252. The molecule has 1 N–H and O–H groups in total. The molecule has 166 valence electrons. The van der Waals surface area contributed by atoms with E-state index in [4.69, 9.17) is 0 Å². The van der Waals surface area contributed by atoms with E-state index in [0.717, 1.165) is 22.6 Å². The van der Waals surface area contributed by atoms with E-state index in [9.17, 15) is 9.59 Å². The highest BCUT2D eigenvalue weighted by Crippen LogP contribution is 2.23. The normalized spacial score (nSPS) is 15.3. The van der Waals surface area contributed by atoms with E-state index in [2.05, 4.69) is 22.1 Å². The van der Waals surface area contributed by atoms with E-state index in [1.54, 1.807) is 6.20 Å². The van der Waals surface area contributed by atoms with Crippen LogP contribution >= 0.6 is 11.3 Å². The molecule has 0 spiro atoms. The molecule has 6 nitrogen and oxygen atoms in total. The number of aryl methyl sites for hydroxylation is 1. The molecular weight excluding hydrogens is 420 g/mol. The van der Waals surface area contributed by atoms with Gasteiger partial charge in [0.15, 0.2) is 0 Å². The lowest BCUT2D eigenvalue weighted by Crippen LogP contribution is -2.51. The molecule has 1 aromatic heterocycles. The Morgan fingerprint density at radius 1 is 1.03 bits per heavy atom. The van der Waals surface area contributed by atoms with E-state index >= 15 is 0 Å². The van der Waals surface area contributed by atoms with Crippen molar-refractivity contribution in [2.24, 2.45) is 0 Å². The first-order valence-electron chi connectivity index (χ1n) is 11.0. The number of carbonyl (C=O) groups is 2. The lowest BCUT2D eigenvalue weighted by atomic mass is 10.1. The lowest BCUT2D eigenvalue weighted by molar-refractivity contribution is -0.123. The van der Waals surface area contributed by atoms with Crippen LogP contribution in [0.2, 0.25) is 0 Å². The molecule has 0 saturated carbocycles. The van der Waals surface area contributed by atoms with Crippen molar-refractivity contribution < 1.29 is 9.59 Å². The highest BCUT2D eigenvalue weighted by atomic mass is 32.1. The molecule has 0 aliphatic carbocycles. The van der Waals surface area contributed by atoms with Gasteiger partial charge < -0.3 is 10.2 Å². The predicted molar refractivity (Wildman–Crippen MR) is 127 cm³/mol.